The molecule has 0 radical (unpaired) electrons. The van der Waals surface area contributed by atoms with Crippen molar-refractivity contribution >= 4 is 29.7 Å². The van der Waals surface area contributed by atoms with Crippen LogP contribution >= 0.6 is 24.0 Å². The fraction of sp³-hybridized carbons (Fsp3) is 0.625. The Bertz CT molecular complexity index is 448. The summed E-state index contributed by atoms with van der Waals surface area (Å²) in [6.45, 7) is 0. The number of hydrogen-bond donors (Lipinski definition) is 2. The Labute approximate surface area is 138 Å². The minimum atomic E-state index is -0.502. The number of nitrogens with two attached hydrogens (primary N) is 1. The lowest BCUT2D eigenvalue weighted by Crippen LogP contribution is -2.34. The second-order valence-electron chi connectivity index (χ2n) is 6.01. The predicted molar refractivity (Wildman–Crippen MR) is 92.5 cm³/mol. The Hall–Kier alpha value is -0.480. The summed E-state index contributed by atoms with van der Waals surface area (Å²) in [5.74, 6) is 0.309. The van der Waals surface area contributed by atoms with E-state index in [1.54, 1.807) is 0 Å². The zero-order chi connectivity index (χ0) is 14.7. The molecule has 1 fully saturated rings. The third-order valence-corrected chi connectivity index (χ3v) is 4.69. The fourth-order valence-corrected chi connectivity index (χ4v) is 3.32. The van der Waals surface area contributed by atoms with Gasteiger partial charge in [0, 0.05) is 24.8 Å². The first kappa shape index (κ1) is 18.6. The second kappa shape index (κ2) is 8.23. The zero-order valence-corrected chi connectivity index (χ0v) is 14.3. The summed E-state index contributed by atoms with van der Waals surface area (Å²) in [6.07, 6.45) is 5.31. The van der Waals surface area contributed by atoms with E-state index in [0.29, 0.717) is 10.9 Å². The molecule has 0 aromatic heterocycles. The average molecular weight is 333 g/mol. The van der Waals surface area contributed by atoms with Gasteiger partial charge >= 0.3 is 0 Å². The van der Waals surface area contributed by atoms with Crippen molar-refractivity contribution in [2.75, 3.05) is 19.0 Å². The van der Waals surface area contributed by atoms with Crippen LogP contribution in [0.5, 0.6) is 0 Å². The molecule has 1 aliphatic rings. The van der Waals surface area contributed by atoms with Gasteiger partial charge in [-0.05, 0) is 36.5 Å². The average Bonchev–Trinajstić information content (AvgIpc) is 2.46. The van der Waals surface area contributed by atoms with Gasteiger partial charge in [0.1, 0.15) is 0 Å². The second-order valence-corrected chi connectivity index (χ2v) is 6.42. The maximum atomic E-state index is 10.5. The molecule has 0 amide bonds. The van der Waals surface area contributed by atoms with Crippen molar-refractivity contribution in [2.45, 2.75) is 44.2 Å². The van der Waals surface area contributed by atoms with Gasteiger partial charge < -0.3 is 15.7 Å². The standard InChI is InChI=1S/C16H25ClN2O.ClH/c1-19(2)12-8-9-13(14(17)10-12)15(18)16(20)11-6-4-3-5-7-11;/h8-11,15-16,20H,3-7,18H2,1-2H3;1H/t15-,16+;/m0./s1. The number of halogens is 2. The van der Waals surface area contributed by atoms with E-state index in [1.165, 1.54) is 19.3 Å². The summed E-state index contributed by atoms with van der Waals surface area (Å²) in [7, 11) is 3.95. The van der Waals surface area contributed by atoms with Gasteiger partial charge in [0.05, 0.1) is 12.1 Å². The predicted octanol–water partition coefficient (Wildman–Crippen LogP) is 3.77. The van der Waals surface area contributed by atoms with E-state index in [1.807, 2.05) is 37.2 Å². The topological polar surface area (TPSA) is 49.5 Å². The molecule has 0 heterocycles. The lowest BCUT2D eigenvalue weighted by atomic mass is 9.81. The van der Waals surface area contributed by atoms with Gasteiger partial charge in [-0.1, -0.05) is 36.9 Å². The SMILES string of the molecule is CN(C)c1ccc([C@H](N)[C@H](O)C2CCCCC2)c(Cl)c1.Cl. The van der Waals surface area contributed by atoms with Crippen molar-refractivity contribution in [3.8, 4) is 0 Å². The van der Waals surface area contributed by atoms with Crippen LogP contribution in [0.1, 0.15) is 43.7 Å². The molecule has 0 spiro atoms. The highest BCUT2D eigenvalue weighted by Crippen LogP contribution is 2.34. The van der Waals surface area contributed by atoms with Gasteiger partial charge in [0.2, 0.25) is 0 Å². The summed E-state index contributed by atoms with van der Waals surface area (Å²) in [5.41, 5.74) is 8.13. The van der Waals surface area contributed by atoms with Gasteiger partial charge in [0.25, 0.3) is 0 Å². The van der Waals surface area contributed by atoms with Crippen LogP contribution in [0.4, 0.5) is 5.69 Å². The Kier molecular flexibility index (Phi) is 7.28. The van der Waals surface area contributed by atoms with E-state index < -0.39 is 12.1 Å². The van der Waals surface area contributed by atoms with Crippen molar-refractivity contribution in [1.29, 1.82) is 0 Å². The van der Waals surface area contributed by atoms with Crippen LogP contribution in [-0.4, -0.2) is 25.3 Å². The maximum absolute atomic E-state index is 10.5. The number of aliphatic hydroxyl groups excluding tert-OH is 1. The number of hydrogen-bond acceptors (Lipinski definition) is 3. The summed E-state index contributed by atoms with van der Waals surface area (Å²) in [5, 5.41) is 11.1. The molecule has 0 bridgehead atoms. The van der Waals surface area contributed by atoms with E-state index >= 15 is 0 Å². The van der Waals surface area contributed by atoms with Gasteiger partial charge in [-0.3, -0.25) is 0 Å². The molecule has 3 N–H and O–H groups in total. The van der Waals surface area contributed by atoms with Gasteiger partial charge in [-0.2, -0.15) is 0 Å². The monoisotopic (exact) mass is 332 g/mol. The lowest BCUT2D eigenvalue weighted by molar-refractivity contribution is 0.0618. The lowest BCUT2D eigenvalue weighted by Gasteiger charge is -2.31. The quantitative estimate of drug-likeness (QED) is 0.882. The van der Waals surface area contributed by atoms with E-state index in [0.717, 1.165) is 24.1 Å². The third-order valence-electron chi connectivity index (χ3n) is 4.36. The Morgan fingerprint density at radius 1 is 1.24 bits per heavy atom. The van der Waals surface area contributed by atoms with Crippen molar-refractivity contribution in [3.63, 3.8) is 0 Å². The van der Waals surface area contributed by atoms with Crippen LogP contribution in [0.15, 0.2) is 18.2 Å². The molecule has 2 rings (SSSR count). The first-order valence-corrected chi connectivity index (χ1v) is 7.79. The number of rotatable bonds is 4. The summed E-state index contributed by atoms with van der Waals surface area (Å²) in [6, 6.07) is 5.44. The normalized spacial score (nSPS) is 18.7. The fourth-order valence-electron chi connectivity index (χ4n) is 3.02. The molecular formula is C16H26Cl2N2O. The first-order valence-electron chi connectivity index (χ1n) is 7.41. The molecule has 1 saturated carbocycles. The number of anilines is 1. The minimum Gasteiger partial charge on any atom is -0.391 e. The molecule has 1 aliphatic carbocycles. The van der Waals surface area contributed by atoms with Crippen LogP contribution < -0.4 is 10.6 Å². The molecule has 1 aromatic rings. The zero-order valence-electron chi connectivity index (χ0n) is 12.8. The Morgan fingerprint density at radius 3 is 2.38 bits per heavy atom. The minimum absolute atomic E-state index is 0. The van der Waals surface area contributed by atoms with Crippen LogP contribution in [0, 0.1) is 5.92 Å². The van der Waals surface area contributed by atoms with Crippen molar-refractivity contribution in [2.24, 2.45) is 11.7 Å². The highest BCUT2D eigenvalue weighted by molar-refractivity contribution is 6.31. The molecule has 5 heteroatoms. The molecule has 1 aromatic carbocycles. The number of nitrogens with zero attached hydrogens (tertiary/aromatic N) is 1. The largest absolute Gasteiger partial charge is 0.391 e. The molecule has 21 heavy (non-hydrogen) atoms. The maximum Gasteiger partial charge on any atom is 0.0761 e. The van der Waals surface area contributed by atoms with Crippen molar-refractivity contribution in [1.82, 2.24) is 0 Å². The van der Waals surface area contributed by atoms with Crippen molar-refractivity contribution < 1.29 is 5.11 Å². The van der Waals surface area contributed by atoms with Crippen LogP contribution in [0.2, 0.25) is 5.02 Å². The molecule has 3 nitrogen and oxygen atoms in total. The Balaban J connectivity index is 0.00000220. The summed E-state index contributed by atoms with van der Waals surface area (Å²) >= 11 is 6.33. The summed E-state index contributed by atoms with van der Waals surface area (Å²) in [4.78, 5) is 2.00. The van der Waals surface area contributed by atoms with E-state index in [-0.39, 0.29) is 12.4 Å². The molecule has 2 atom stereocenters. The molecule has 120 valence electrons. The molecule has 0 aliphatic heterocycles. The highest BCUT2D eigenvalue weighted by Gasteiger charge is 2.28. The Morgan fingerprint density at radius 2 is 1.86 bits per heavy atom. The smallest absolute Gasteiger partial charge is 0.0761 e. The molecule has 0 unspecified atom stereocenters. The van der Waals surface area contributed by atoms with E-state index in [4.69, 9.17) is 17.3 Å². The van der Waals surface area contributed by atoms with Crippen LogP contribution in [0.3, 0.4) is 0 Å². The summed E-state index contributed by atoms with van der Waals surface area (Å²) < 4.78 is 0. The first-order chi connectivity index (χ1) is 9.50. The van der Waals surface area contributed by atoms with Crippen molar-refractivity contribution in [3.05, 3.63) is 28.8 Å². The van der Waals surface area contributed by atoms with Crippen LogP contribution in [-0.2, 0) is 0 Å². The third kappa shape index (κ3) is 4.49. The van der Waals surface area contributed by atoms with Gasteiger partial charge in [0.15, 0.2) is 0 Å². The highest BCUT2D eigenvalue weighted by atomic mass is 35.5. The van der Waals surface area contributed by atoms with E-state index in [9.17, 15) is 5.11 Å². The molecule has 0 saturated heterocycles. The van der Waals surface area contributed by atoms with Crippen LogP contribution in [0.25, 0.3) is 0 Å². The van der Waals surface area contributed by atoms with E-state index in [2.05, 4.69) is 0 Å². The van der Waals surface area contributed by atoms with Gasteiger partial charge in [-0.15, -0.1) is 12.4 Å². The molecular weight excluding hydrogens is 307 g/mol. The van der Waals surface area contributed by atoms with Gasteiger partial charge in [-0.25, -0.2) is 0 Å². The number of benzene rings is 1. The number of aliphatic hydroxyl groups is 1.